The van der Waals surface area contributed by atoms with Crippen molar-refractivity contribution in [1.29, 1.82) is 0 Å². The van der Waals surface area contributed by atoms with Crippen molar-refractivity contribution in [1.82, 2.24) is 10.1 Å². The standard InChI is InChI=1S/C32H42B2N4O5S/c1-5-7-14-28-35-31(17-10-11-18-31)30(39)38(28)32(33,34)24-15-16-25(23(19-24)20-42-6-2)26-12-8-9-13-27(26)44(40,41)37-29-21(3)22(4)43-36-29/h8-9,12-13,15-16,19H,5-7,10-11,14,17-18,20,33-34H2,1-4H3,(H,36,37). The molecule has 1 amide bonds. The lowest BCUT2D eigenvalue weighted by Crippen LogP contribution is -2.54. The van der Waals surface area contributed by atoms with Gasteiger partial charge in [-0.15, -0.1) is 0 Å². The molecule has 9 nitrogen and oxygen atoms in total. The Labute approximate surface area is 262 Å². The van der Waals surface area contributed by atoms with E-state index in [4.69, 9.17) is 14.3 Å². The minimum absolute atomic E-state index is 0.0995. The number of unbranched alkanes of at least 4 members (excludes halogenated alkanes) is 1. The van der Waals surface area contributed by atoms with Crippen molar-refractivity contribution in [2.45, 2.75) is 95.0 Å². The van der Waals surface area contributed by atoms with Crippen LogP contribution in [-0.2, 0) is 31.5 Å². The molecular weight excluding hydrogens is 574 g/mol. The van der Waals surface area contributed by atoms with Crippen molar-refractivity contribution in [3.8, 4) is 11.1 Å². The van der Waals surface area contributed by atoms with Gasteiger partial charge in [0.15, 0.2) is 5.82 Å². The van der Waals surface area contributed by atoms with Gasteiger partial charge in [-0.25, -0.2) is 8.42 Å². The molecule has 0 saturated heterocycles. The zero-order valence-corrected chi connectivity index (χ0v) is 27.5. The SMILES string of the molecule is BC(B)(c1ccc(-c2ccccc2S(=O)(=O)Nc2noc(C)c2C)c(COCC)c1)N1C(=O)C2(CCCC2)N=C1CCCC. The molecule has 1 aliphatic carbocycles. The Morgan fingerprint density at radius 2 is 1.82 bits per heavy atom. The number of carbonyl (C=O) groups excluding carboxylic acids is 1. The molecule has 1 N–H and O–H groups in total. The Bertz CT molecular complexity index is 1680. The number of sulfonamides is 1. The molecule has 5 rings (SSSR count). The molecule has 232 valence electrons. The maximum Gasteiger partial charge on any atom is 0.263 e. The molecular formula is C32H42B2N4O5S. The molecule has 2 aromatic carbocycles. The average molecular weight is 616 g/mol. The van der Waals surface area contributed by atoms with Gasteiger partial charge in [0.2, 0.25) is 0 Å². The van der Waals surface area contributed by atoms with Crippen LogP contribution >= 0.6 is 0 Å². The van der Waals surface area contributed by atoms with Crippen LogP contribution < -0.4 is 4.72 Å². The normalized spacial score (nSPS) is 16.6. The number of amidine groups is 1. The highest BCUT2D eigenvalue weighted by Crippen LogP contribution is 2.43. The van der Waals surface area contributed by atoms with Crippen LogP contribution in [0, 0.1) is 13.8 Å². The third-order valence-corrected chi connectivity index (χ3v) is 10.5. The molecule has 1 spiro atoms. The number of ether oxygens (including phenoxy) is 1. The van der Waals surface area contributed by atoms with Crippen LogP contribution in [0.25, 0.3) is 11.1 Å². The molecule has 1 saturated carbocycles. The van der Waals surface area contributed by atoms with E-state index in [2.05, 4.69) is 38.6 Å². The molecule has 0 radical (unpaired) electrons. The molecule has 2 aliphatic rings. The van der Waals surface area contributed by atoms with E-state index in [0.29, 0.717) is 23.5 Å². The van der Waals surface area contributed by atoms with Crippen molar-refractivity contribution in [3.63, 3.8) is 0 Å². The number of nitrogens with one attached hydrogen (secondary N) is 1. The zero-order valence-electron chi connectivity index (χ0n) is 26.7. The van der Waals surface area contributed by atoms with Gasteiger partial charge in [0, 0.05) is 29.5 Å². The lowest BCUT2D eigenvalue weighted by Gasteiger charge is -2.39. The van der Waals surface area contributed by atoms with Crippen molar-refractivity contribution in [2.24, 2.45) is 4.99 Å². The van der Waals surface area contributed by atoms with Crippen LogP contribution in [0.2, 0.25) is 0 Å². The zero-order chi connectivity index (χ0) is 31.7. The van der Waals surface area contributed by atoms with E-state index in [9.17, 15) is 13.2 Å². The van der Waals surface area contributed by atoms with Crippen LogP contribution in [0.3, 0.4) is 0 Å². The lowest BCUT2D eigenvalue weighted by atomic mass is 9.56. The fourth-order valence-electron chi connectivity index (χ4n) is 6.35. The first kappa shape index (κ1) is 32.0. The minimum atomic E-state index is -4.01. The van der Waals surface area contributed by atoms with Gasteiger partial charge in [0.25, 0.3) is 15.9 Å². The first-order valence-corrected chi connectivity index (χ1v) is 17.1. The molecule has 1 fully saturated rings. The summed E-state index contributed by atoms with van der Waals surface area (Å²) in [5.74, 6) is 1.69. The van der Waals surface area contributed by atoms with Gasteiger partial charge in [-0.05, 0) is 62.8 Å². The second-order valence-corrected chi connectivity index (χ2v) is 14.0. The Morgan fingerprint density at radius 1 is 1.09 bits per heavy atom. The van der Waals surface area contributed by atoms with E-state index in [1.54, 1.807) is 32.0 Å². The number of amides is 1. The van der Waals surface area contributed by atoms with Gasteiger partial charge in [0.1, 0.15) is 32.8 Å². The second kappa shape index (κ2) is 12.6. The third kappa shape index (κ3) is 5.86. The second-order valence-electron chi connectivity index (χ2n) is 12.4. The van der Waals surface area contributed by atoms with Crippen molar-refractivity contribution >= 4 is 43.3 Å². The first-order chi connectivity index (χ1) is 20.9. The molecule has 3 aromatic rings. The van der Waals surface area contributed by atoms with Crippen LogP contribution in [0.1, 0.15) is 81.2 Å². The summed E-state index contributed by atoms with van der Waals surface area (Å²) in [4.78, 5) is 21.3. The quantitative estimate of drug-likeness (QED) is 0.302. The van der Waals surface area contributed by atoms with E-state index in [1.807, 2.05) is 30.0 Å². The van der Waals surface area contributed by atoms with Gasteiger partial charge in [-0.1, -0.05) is 67.7 Å². The molecule has 44 heavy (non-hydrogen) atoms. The number of aliphatic imine (C=N–C) groups is 1. The fourth-order valence-corrected chi connectivity index (χ4v) is 7.63. The highest BCUT2D eigenvalue weighted by Gasteiger charge is 2.53. The summed E-state index contributed by atoms with van der Waals surface area (Å²) in [5, 5.41) is 3.22. The number of hydrogen-bond acceptors (Lipinski definition) is 7. The van der Waals surface area contributed by atoms with Crippen LogP contribution in [0.15, 0.2) is 56.9 Å². The van der Waals surface area contributed by atoms with Crippen LogP contribution in [-0.4, -0.2) is 58.1 Å². The number of benzene rings is 2. The average Bonchev–Trinajstić information content (AvgIpc) is 3.69. The van der Waals surface area contributed by atoms with Crippen molar-refractivity contribution < 1.29 is 22.5 Å². The highest BCUT2D eigenvalue weighted by atomic mass is 32.2. The Morgan fingerprint density at radius 3 is 2.48 bits per heavy atom. The molecule has 0 atom stereocenters. The number of hydrogen-bond donors (Lipinski definition) is 1. The number of anilines is 1. The number of aromatic nitrogens is 1. The number of nitrogens with zero attached hydrogens (tertiary/aromatic N) is 3. The molecule has 2 heterocycles. The number of aryl methyl sites for hydroxylation is 1. The molecule has 1 aliphatic heterocycles. The van der Waals surface area contributed by atoms with E-state index >= 15 is 0 Å². The molecule has 0 bridgehead atoms. The maximum absolute atomic E-state index is 14.1. The predicted octanol–water partition coefficient (Wildman–Crippen LogP) is 4.42. The summed E-state index contributed by atoms with van der Waals surface area (Å²) in [6.07, 6.45) is 6.39. The Hall–Kier alpha value is -3.37. The van der Waals surface area contributed by atoms with Gasteiger partial charge in [-0.3, -0.25) is 14.5 Å². The first-order valence-electron chi connectivity index (χ1n) is 15.6. The van der Waals surface area contributed by atoms with Crippen molar-refractivity contribution in [2.75, 3.05) is 11.3 Å². The fraction of sp³-hybridized carbons (Fsp3) is 0.469. The van der Waals surface area contributed by atoms with Gasteiger partial charge >= 0.3 is 0 Å². The number of rotatable bonds is 12. The van der Waals surface area contributed by atoms with E-state index in [1.165, 1.54) is 0 Å². The smallest absolute Gasteiger partial charge is 0.263 e. The summed E-state index contributed by atoms with van der Waals surface area (Å²) in [6, 6.07) is 12.9. The van der Waals surface area contributed by atoms with Crippen LogP contribution in [0.5, 0.6) is 0 Å². The Kier molecular flexibility index (Phi) is 9.14. The Balaban J connectivity index is 1.56. The molecule has 12 heteroatoms. The largest absolute Gasteiger partial charge is 0.377 e. The monoisotopic (exact) mass is 616 g/mol. The molecule has 1 aromatic heterocycles. The summed E-state index contributed by atoms with van der Waals surface area (Å²) in [7, 11) is 0.139. The van der Waals surface area contributed by atoms with E-state index in [0.717, 1.165) is 67.5 Å². The summed E-state index contributed by atoms with van der Waals surface area (Å²) in [5.41, 5.74) is 3.07. The topological polar surface area (TPSA) is 114 Å². The third-order valence-electron chi connectivity index (χ3n) is 9.07. The lowest BCUT2D eigenvalue weighted by molar-refractivity contribution is -0.132. The summed E-state index contributed by atoms with van der Waals surface area (Å²) in [6.45, 7) is 8.36. The van der Waals surface area contributed by atoms with Gasteiger partial charge in [0.05, 0.1) is 11.5 Å². The highest BCUT2D eigenvalue weighted by molar-refractivity contribution is 7.92. The summed E-state index contributed by atoms with van der Waals surface area (Å²) < 4.78 is 41.0. The molecule has 0 unspecified atom stereocenters. The van der Waals surface area contributed by atoms with E-state index < -0.39 is 20.9 Å². The van der Waals surface area contributed by atoms with Crippen LogP contribution in [0.4, 0.5) is 5.82 Å². The van der Waals surface area contributed by atoms with Crippen molar-refractivity contribution in [3.05, 3.63) is 64.9 Å². The number of carbonyl (C=O) groups is 1. The summed E-state index contributed by atoms with van der Waals surface area (Å²) >= 11 is 0. The minimum Gasteiger partial charge on any atom is -0.377 e. The predicted molar refractivity (Wildman–Crippen MR) is 178 cm³/mol. The van der Waals surface area contributed by atoms with E-state index in [-0.39, 0.29) is 23.2 Å². The van der Waals surface area contributed by atoms with Gasteiger partial charge in [-0.2, -0.15) is 0 Å². The maximum atomic E-state index is 14.1. The van der Waals surface area contributed by atoms with Gasteiger partial charge < -0.3 is 14.2 Å².